The minimum Gasteiger partial charge on any atom is -0.452 e. The highest BCUT2D eigenvalue weighted by atomic mass is 16.5. The highest BCUT2D eigenvalue weighted by molar-refractivity contribution is 6.34. The highest BCUT2D eigenvalue weighted by Gasteiger charge is 2.36. The van der Waals surface area contributed by atoms with E-state index in [9.17, 15) is 24.0 Å². The molecule has 3 amide bonds. The maximum Gasteiger partial charge on any atom is 0.338 e. The number of ketones is 1. The molecule has 8 nitrogen and oxygen atoms in total. The Morgan fingerprint density at radius 2 is 1.33 bits per heavy atom. The molecule has 0 bridgehead atoms. The Morgan fingerprint density at radius 1 is 0.788 bits per heavy atom. The van der Waals surface area contributed by atoms with Gasteiger partial charge in [-0.1, -0.05) is 12.1 Å². The average Bonchev–Trinajstić information content (AvgIpc) is 3.08. The number of imide groups is 1. The fourth-order valence-corrected chi connectivity index (χ4v) is 3.37. The summed E-state index contributed by atoms with van der Waals surface area (Å²) >= 11 is 0. The lowest BCUT2D eigenvalue weighted by molar-refractivity contribution is -0.119. The number of fused-ring (bicyclic) bond motifs is 1. The van der Waals surface area contributed by atoms with Crippen molar-refractivity contribution in [2.45, 2.75) is 6.92 Å². The minimum absolute atomic E-state index is 0.0872. The van der Waals surface area contributed by atoms with E-state index in [2.05, 4.69) is 5.32 Å². The van der Waals surface area contributed by atoms with Crippen LogP contribution < -0.4 is 10.2 Å². The number of nitrogens with zero attached hydrogens (tertiary/aromatic N) is 1. The van der Waals surface area contributed by atoms with Gasteiger partial charge in [-0.3, -0.25) is 19.2 Å². The van der Waals surface area contributed by atoms with Gasteiger partial charge in [0.05, 0.1) is 22.4 Å². The second-order valence-corrected chi connectivity index (χ2v) is 7.30. The zero-order chi connectivity index (χ0) is 23.5. The van der Waals surface area contributed by atoms with E-state index in [1.54, 1.807) is 48.5 Å². The van der Waals surface area contributed by atoms with Gasteiger partial charge in [0.25, 0.3) is 17.7 Å². The van der Waals surface area contributed by atoms with Crippen LogP contribution in [0.5, 0.6) is 0 Å². The standard InChI is InChI=1S/C25H18N2O6/c1-15(28)16-6-10-18(11-7-16)26-22(29)14-33-25(32)17-8-12-19(13-9-17)27-23(30)20-4-2-3-5-21(20)24(27)31/h2-13H,14H2,1H3,(H,26,29). The van der Waals surface area contributed by atoms with Crippen molar-refractivity contribution < 1.29 is 28.7 Å². The van der Waals surface area contributed by atoms with Gasteiger partial charge in [-0.2, -0.15) is 0 Å². The van der Waals surface area contributed by atoms with E-state index >= 15 is 0 Å². The molecule has 0 unspecified atom stereocenters. The average molecular weight is 442 g/mol. The number of ether oxygens (including phenoxy) is 1. The maximum atomic E-state index is 12.6. The normalized spacial score (nSPS) is 12.3. The summed E-state index contributed by atoms with van der Waals surface area (Å²) in [5, 5.41) is 2.57. The molecule has 3 aromatic carbocycles. The SMILES string of the molecule is CC(=O)c1ccc(NC(=O)COC(=O)c2ccc(N3C(=O)c4ccccc4C3=O)cc2)cc1. The Labute approximate surface area is 188 Å². The van der Waals surface area contributed by atoms with E-state index in [0.29, 0.717) is 28.1 Å². The second kappa shape index (κ2) is 8.88. The van der Waals surface area contributed by atoms with Crippen LogP contribution in [0.2, 0.25) is 0 Å². The van der Waals surface area contributed by atoms with Crippen molar-refractivity contribution in [1.29, 1.82) is 0 Å². The van der Waals surface area contributed by atoms with Gasteiger partial charge in [0.2, 0.25) is 0 Å². The van der Waals surface area contributed by atoms with Gasteiger partial charge in [-0.05, 0) is 67.6 Å². The molecule has 3 aromatic rings. The van der Waals surface area contributed by atoms with E-state index in [1.807, 2.05) is 0 Å². The molecule has 0 aromatic heterocycles. The van der Waals surface area contributed by atoms with Crippen LogP contribution >= 0.6 is 0 Å². The lowest BCUT2D eigenvalue weighted by Crippen LogP contribution is -2.29. The second-order valence-electron chi connectivity index (χ2n) is 7.30. The molecule has 33 heavy (non-hydrogen) atoms. The van der Waals surface area contributed by atoms with Crippen LogP contribution in [0, 0.1) is 0 Å². The molecule has 0 atom stereocenters. The summed E-state index contributed by atoms with van der Waals surface area (Å²) in [6, 6.07) is 18.6. The Bertz CT molecular complexity index is 1240. The molecule has 0 saturated heterocycles. The fourth-order valence-electron chi connectivity index (χ4n) is 3.37. The van der Waals surface area contributed by atoms with Gasteiger partial charge in [0.15, 0.2) is 12.4 Å². The van der Waals surface area contributed by atoms with Crippen molar-refractivity contribution >= 4 is 40.8 Å². The summed E-state index contributed by atoms with van der Waals surface area (Å²) in [4.78, 5) is 61.8. The van der Waals surface area contributed by atoms with Crippen molar-refractivity contribution in [3.8, 4) is 0 Å². The number of rotatable bonds is 6. The highest BCUT2D eigenvalue weighted by Crippen LogP contribution is 2.28. The molecule has 0 aliphatic carbocycles. The van der Waals surface area contributed by atoms with Gasteiger partial charge < -0.3 is 10.1 Å². The fraction of sp³-hybridized carbons (Fsp3) is 0.0800. The van der Waals surface area contributed by atoms with Gasteiger partial charge in [-0.25, -0.2) is 9.69 Å². The number of amides is 3. The molecule has 1 aliphatic rings. The number of esters is 1. The Balaban J connectivity index is 1.35. The van der Waals surface area contributed by atoms with Crippen LogP contribution in [-0.2, 0) is 9.53 Å². The zero-order valence-corrected chi connectivity index (χ0v) is 17.5. The zero-order valence-electron chi connectivity index (χ0n) is 17.5. The van der Waals surface area contributed by atoms with Crippen molar-refractivity contribution in [2.24, 2.45) is 0 Å². The predicted octanol–water partition coefficient (Wildman–Crippen LogP) is 3.49. The third kappa shape index (κ3) is 4.40. The molecule has 0 spiro atoms. The number of Topliss-reactive ketones (excluding diaryl/α,β-unsaturated/α-hetero) is 1. The molecule has 1 aliphatic heterocycles. The number of carbonyl (C=O) groups excluding carboxylic acids is 5. The van der Waals surface area contributed by atoms with Gasteiger partial charge in [-0.15, -0.1) is 0 Å². The number of carbonyl (C=O) groups is 5. The lowest BCUT2D eigenvalue weighted by Gasteiger charge is -2.14. The van der Waals surface area contributed by atoms with Crippen LogP contribution in [-0.4, -0.2) is 36.1 Å². The Kier molecular flexibility index (Phi) is 5.82. The first-order chi connectivity index (χ1) is 15.8. The molecule has 4 rings (SSSR count). The summed E-state index contributed by atoms with van der Waals surface area (Å²) in [6.45, 7) is 0.937. The number of hydrogen-bond donors (Lipinski definition) is 1. The first-order valence-corrected chi connectivity index (χ1v) is 10.0. The largest absolute Gasteiger partial charge is 0.452 e. The summed E-state index contributed by atoms with van der Waals surface area (Å²) in [6.07, 6.45) is 0. The smallest absolute Gasteiger partial charge is 0.338 e. The Morgan fingerprint density at radius 3 is 1.88 bits per heavy atom. The van der Waals surface area contributed by atoms with Crippen LogP contribution in [0.15, 0.2) is 72.8 Å². The molecular formula is C25H18N2O6. The van der Waals surface area contributed by atoms with Crippen molar-refractivity contribution in [1.82, 2.24) is 0 Å². The third-order valence-corrected chi connectivity index (χ3v) is 5.06. The topological polar surface area (TPSA) is 110 Å². The van der Waals surface area contributed by atoms with Crippen LogP contribution in [0.1, 0.15) is 48.4 Å². The third-order valence-electron chi connectivity index (χ3n) is 5.06. The molecule has 0 fully saturated rings. The predicted molar refractivity (Wildman–Crippen MR) is 119 cm³/mol. The van der Waals surface area contributed by atoms with E-state index < -0.39 is 30.3 Å². The Hall–Kier alpha value is -4.59. The van der Waals surface area contributed by atoms with Crippen molar-refractivity contribution in [3.05, 3.63) is 95.1 Å². The molecule has 0 saturated carbocycles. The van der Waals surface area contributed by atoms with Gasteiger partial charge in [0, 0.05) is 11.3 Å². The molecule has 164 valence electrons. The summed E-state index contributed by atoms with van der Waals surface area (Å²) in [7, 11) is 0. The van der Waals surface area contributed by atoms with Gasteiger partial charge in [0.1, 0.15) is 0 Å². The van der Waals surface area contributed by atoms with E-state index in [-0.39, 0.29) is 11.3 Å². The molecule has 8 heteroatoms. The minimum atomic E-state index is -0.731. The van der Waals surface area contributed by atoms with Crippen LogP contribution in [0.3, 0.4) is 0 Å². The quantitative estimate of drug-likeness (QED) is 0.356. The number of benzene rings is 3. The van der Waals surface area contributed by atoms with Crippen LogP contribution in [0.4, 0.5) is 11.4 Å². The van der Waals surface area contributed by atoms with Gasteiger partial charge >= 0.3 is 5.97 Å². The van der Waals surface area contributed by atoms with E-state index in [1.165, 1.54) is 31.2 Å². The van der Waals surface area contributed by atoms with Crippen LogP contribution in [0.25, 0.3) is 0 Å². The number of anilines is 2. The molecule has 0 radical (unpaired) electrons. The molecule has 1 N–H and O–H groups in total. The maximum absolute atomic E-state index is 12.6. The van der Waals surface area contributed by atoms with Crippen molar-refractivity contribution in [2.75, 3.05) is 16.8 Å². The summed E-state index contributed by atoms with van der Waals surface area (Å²) in [5.74, 6) is -2.22. The summed E-state index contributed by atoms with van der Waals surface area (Å²) in [5.41, 5.74) is 2.12. The number of hydrogen-bond acceptors (Lipinski definition) is 6. The van der Waals surface area contributed by atoms with Crippen molar-refractivity contribution in [3.63, 3.8) is 0 Å². The first-order valence-electron chi connectivity index (χ1n) is 10.0. The van der Waals surface area contributed by atoms with E-state index in [4.69, 9.17) is 4.74 Å². The molecule has 1 heterocycles. The van der Waals surface area contributed by atoms with E-state index in [0.717, 1.165) is 4.90 Å². The lowest BCUT2D eigenvalue weighted by atomic mass is 10.1. The summed E-state index contributed by atoms with van der Waals surface area (Å²) < 4.78 is 5.03. The monoisotopic (exact) mass is 442 g/mol. The number of nitrogens with one attached hydrogen (secondary N) is 1. The first kappa shape index (κ1) is 21.6. The molecular weight excluding hydrogens is 424 g/mol.